The number of aromatic amines is 1. The summed E-state index contributed by atoms with van der Waals surface area (Å²) in [6.07, 6.45) is 4.54. The summed E-state index contributed by atoms with van der Waals surface area (Å²) < 4.78 is 38.5. The molecule has 2 unspecified atom stereocenters. The molecule has 3 aromatic heterocycles. The maximum absolute atomic E-state index is 14.9. The molecular weight excluding hydrogens is 594 g/mol. The van der Waals surface area contributed by atoms with Gasteiger partial charge in [0.2, 0.25) is 0 Å². The van der Waals surface area contributed by atoms with Gasteiger partial charge in [0.1, 0.15) is 34.7 Å². The lowest BCUT2D eigenvalue weighted by atomic mass is 9.98. The number of aromatic nitrogens is 4. The van der Waals surface area contributed by atoms with Crippen LogP contribution in [-0.2, 0) is 6.54 Å². The number of H-pyrrole nitrogens is 1. The number of benzene rings is 3. The SMILES string of the molecule is COc1nc(NCc2ccc3[nH]ncc3c2)c2c(=O)oc(-c3cc(O)cc4cccc(F)c34)c(C)c2n1.FC1CC2CCCN2C1. The fourth-order valence-electron chi connectivity index (χ4n) is 6.57. The number of methoxy groups -OCH3 is 1. The van der Waals surface area contributed by atoms with Gasteiger partial charge in [0.25, 0.3) is 0 Å². The van der Waals surface area contributed by atoms with E-state index in [0.29, 0.717) is 35.6 Å². The Hall–Kier alpha value is -5.10. The quantitative estimate of drug-likeness (QED) is 0.203. The second-order valence-electron chi connectivity index (χ2n) is 11.7. The van der Waals surface area contributed by atoms with Crippen LogP contribution in [0.25, 0.3) is 43.9 Å². The zero-order valence-corrected chi connectivity index (χ0v) is 25.3. The van der Waals surface area contributed by atoms with E-state index >= 15 is 0 Å². The highest BCUT2D eigenvalue weighted by atomic mass is 19.1. The molecule has 2 saturated heterocycles. The second kappa shape index (κ2) is 12.0. The van der Waals surface area contributed by atoms with Crippen LogP contribution in [0, 0.1) is 12.7 Å². The molecule has 0 bridgehead atoms. The molecule has 0 amide bonds. The third-order valence-electron chi connectivity index (χ3n) is 8.75. The Kier molecular flexibility index (Phi) is 7.73. The molecule has 3 N–H and O–H groups in total. The van der Waals surface area contributed by atoms with Crippen LogP contribution in [-0.4, -0.2) is 62.6 Å². The van der Waals surface area contributed by atoms with Crippen LogP contribution in [0.1, 0.15) is 30.4 Å². The van der Waals surface area contributed by atoms with E-state index < -0.39 is 17.6 Å². The van der Waals surface area contributed by atoms with Crippen molar-refractivity contribution in [3.05, 3.63) is 82.1 Å². The molecule has 5 heterocycles. The summed E-state index contributed by atoms with van der Waals surface area (Å²) in [5.74, 6) is -0.260. The summed E-state index contributed by atoms with van der Waals surface area (Å²) in [6, 6.07) is 13.8. The number of nitrogens with zero attached hydrogens (tertiary/aromatic N) is 4. The Morgan fingerprint density at radius 1 is 1.15 bits per heavy atom. The van der Waals surface area contributed by atoms with Crippen molar-refractivity contribution in [1.82, 2.24) is 25.1 Å². The predicted molar refractivity (Wildman–Crippen MR) is 171 cm³/mol. The standard InChI is InChI=1S/C27H20FN5O4.C7H12FN/c1-13-23-22(26(35)37-24(13)18-10-17(34)9-15-4-3-5-19(28)21(15)18)25(32-27(31-23)36-2)29-11-14-6-7-20-16(8-14)12-30-33-20;8-6-4-7-2-1-3-9(7)5-6/h3-10,12,34H,11H2,1-2H3,(H,30,33)(H,29,31,32);6-7H,1-5H2. The van der Waals surface area contributed by atoms with Crippen molar-refractivity contribution in [3.63, 3.8) is 0 Å². The second-order valence-corrected chi connectivity index (χ2v) is 11.7. The summed E-state index contributed by atoms with van der Waals surface area (Å²) >= 11 is 0. The minimum absolute atomic E-state index is 0.0480. The molecule has 10 nitrogen and oxygen atoms in total. The fourth-order valence-corrected chi connectivity index (χ4v) is 6.57. The van der Waals surface area contributed by atoms with Gasteiger partial charge in [0.15, 0.2) is 0 Å². The number of phenols is 1. The molecule has 0 saturated carbocycles. The molecule has 2 fully saturated rings. The van der Waals surface area contributed by atoms with Crippen LogP contribution in [0.5, 0.6) is 11.8 Å². The first-order chi connectivity index (χ1) is 22.3. The highest BCUT2D eigenvalue weighted by Gasteiger charge is 2.34. The van der Waals surface area contributed by atoms with Crippen LogP contribution in [0.2, 0.25) is 0 Å². The number of hydrogen-bond acceptors (Lipinski definition) is 9. The molecule has 236 valence electrons. The average Bonchev–Trinajstić information content (AvgIpc) is 3.78. The predicted octanol–water partition coefficient (Wildman–Crippen LogP) is 6.25. The van der Waals surface area contributed by atoms with Crippen molar-refractivity contribution in [3.8, 4) is 23.1 Å². The highest BCUT2D eigenvalue weighted by molar-refractivity contribution is 6.00. The molecular formula is C34H32F2N6O4. The van der Waals surface area contributed by atoms with Crippen LogP contribution in [0.3, 0.4) is 0 Å². The van der Waals surface area contributed by atoms with Crippen molar-refractivity contribution in [2.45, 2.75) is 44.9 Å². The van der Waals surface area contributed by atoms with Crippen molar-refractivity contribution < 1.29 is 23.0 Å². The number of aryl methyl sites for hydroxylation is 1. The molecule has 2 atom stereocenters. The van der Waals surface area contributed by atoms with Gasteiger partial charge in [-0.25, -0.2) is 13.6 Å². The number of rotatable bonds is 5. The van der Waals surface area contributed by atoms with Gasteiger partial charge in [-0.05, 0) is 74.0 Å². The zero-order valence-electron chi connectivity index (χ0n) is 25.3. The number of fused-ring (bicyclic) bond motifs is 4. The Morgan fingerprint density at radius 3 is 2.85 bits per heavy atom. The first kappa shape index (κ1) is 29.6. The Morgan fingerprint density at radius 2 is 2.02 bits per heavy atom. The van der Waals surface area contributed by atoms with Gasteiger partial charge in [-0.2, -0.15) is 15.1 Å². The average molecular weight is 627 g/mol. The third kappa shape index (κ3) is 5.49. The lowest BCUT2D eigenvalue weighted by Gasteiger charge is -2.14. The van der Waals surface area contributed by atoms with Crippen LogP contribution in [0.4, 0.5) is 14.6 Å². The fraction of sp³-hybridized carbons (Fsp3) is 0.294. The number of hydrogen-bond donors (Lipinski definition) is 3. The molecule has 6 aromatic rings. The molecule has 2 aliphatic heterocycles. The van der Waals surface area contributed by atoms with Crippen molar-refractivity contribution in [1.29, 1.82) is 0 Å². The summed E-state index contributed by atoms with van der Waals surface area (Å²) in [4.78, 5) is 24.3. The van der Waals surface area contributed by atoms with Gasteiger partial charge in [0, 0.05) is 41.0 Å². The number of nitrogens with one attached hydrogen (secondary N) is 2. The maximum atomic E-state index is 14.9. The van der Waals surface area contributed by atoms with E-state index in [1.54, 1.807) is 25.3 Å². The van der Waals surface area contributed by atoms with Gasteiger partial charge in [0.05, 0.1) is 24.3 Å². The maximum Gasteiger partial charge on any atom is 0.349 e. The van der Waals surface area contributed by atoms with Crippen molar-refractivity contribution in [2.75, 3.05) is 25.5 Å². The molecule has 3 aromatic carbocycles. The largest absolute Gasteiger partial charge is 0.508 e. The summed E-state index contributed by atoms with van der Waals surface area (Å²) in [5, 5.41) is 22.2. The monoisotopic (exact) mass is 626 g/mol. The molecule has 46 heavy (non-hydrogen) atoms. The van der Waals surface area contributed by atoms with E-state index in [0.717, 1.165) is 29.4 Å². The summed E-state index contributed by atoms with van der Waals surface area (Å²) in [7, 11) is 1.43. The third-order valence-corrected chi connectivity index (χ3v) is 8.75. The molecule has 8 rings (SSSR count). The van der Waals surface area contributed by atoms with Gasteiger partial charge >= 0.3 is 11.6 Å². The molecule has 0 radical (unpaired) electrons. The first-order valence-electron chi connectivity index (χ1n) is 15.1. The summed E-state index contributed by atoms with van der Waals surface area (Å²) in [6.45, 7) is 3.93. The van der Waals surface area contributed by atoms with E-state index in [-0.39, 0.29) is 39.7 Å². The van der Waals surface area contributed by atoms with Crippen LogP contribution in [0.15, 0.2) is 63.9 Å². The van der Waals surface area contributed by atoms with Gasteiger partial charge < -0.3 is 19.6 Å². The van der Waals surface area contributed by atoms with E-state index in [1.165, 1.54) is 38.2 Å². The normalized spacial score (nSPS) is 17.7. The number of anilines is 1. The van der Waals surface area contributed by atoms with E-state index in [9.17, 15) is 18.7 Å². The Balaban J connectivity index is 0.000000321. The lowest BCUT2D eigenvalue weighted by molar-refractivity contribution is 0.292. The van der Waals surface area contributed by atoms with Crippen LogP contribution < -0.4 is 15.7 Å². The first-order valence-corrected chi connectivity index (χ1v) is 15.1. The van der Waals surface area contributed by atoms with Crippen molar-refractivity contribution in [2.24, 2.45) is 0 Å². The van der Waals surface area contributed by atoms with E-state index in [1.807, 2.05) is 18.2 Å². The molecule has 0 spiro atoms. The van der Waals surface area contributed by atoms with E-state index in [2.05, 4.69) is 30.4 Å². The highest BCUT2D eigenvalue weighted by Crippen LogP contribution is 2.38. The minimum Gasteiger partial charge on any atom is -0.508 e. The topological polar surface area (TPSA) is 129 Å². The lowest BCUT2D eigenvalue weighted by Crippen LogP contribution is -2.22. The minimum atomic E-state index is -0.709. The van der Waals surface area contributed by atoms with Crippen LogP contribution >= 0.6 is 0 Å². The smallest absolute Gasteiger partial charge is 0.349 e. The molecule has 2 aliphatic rings. The van der Waals surface area contributed by atoms with E-state index in [4.69, 9.17) is 9.15 Å². The zero-order chi connectivity index (χ0) is 31.9. The van der Waals surface area contributed by atoms with Gasteiger partial charge in [-0.15, -0.1) is 0 Å². The number of aromatic hydroxyl groups is 1. The number of alkyl halides is 1. The number of halogens is 2. The molecule has 0 aliphatic carbocycles. The number of ether oxygens (including phenoxy) is 1. The van der Waals surface area contributed by atoms with Gasteiger partial charge in [-0.3, -0.25) is 10.00 Å². The Bertz CT molecular complexity index is 2140. The van der Waals surface area contributed by atoms with Gasteiger partial charge in [-0.1, -0.05) is 18.2 Å². The summed E-state index contributed by atoms with van der Waals surface area (Å²) in [5.41, 5.74) is 2.15. The Labute approximate surface area is 262 Å². The van der Waals surface area contributed by atoms with Crippen molar-refractivity contribution >= 4 is 38.4 Å². The molecule has 12 heteroatoms. The number of phenolic OH excluding ortho intramolecular Hbond substituents is 1.